The highest BCUT2D eigenvalue weighted by Crippen LogP contribution is 2.25. The largest absolute Gasteiger partial charge is 0.387 e. The number of nitrogens with one attached hydrogen (secondary N) is 2. The fourth-order valence-corrected chi connectivity index (χ4v) is 2.35. The van der Waals surface area contributed by atoms with Crippen LogP contribution >= 0.6 is 23.2 Å². The lowest BCUT2D eigenvalue weighted by Gasteiger charge is -2.14. The summed E-state index contributed by atoms with van der Waals surface area (Å²) in [5, 5.41) is 16.1. The van der Waals surface area contributed by atoms with E-state index in [9.17, 15) is 9.90 Å². The Hall–Kier alpha value is -1.82. The molecule has 0 aliphatic carbocycles. The van der Waals surface area contributed by atoms with E-state index in [0.717, 1.165) is 5.56 Å². The molecule has 2 aromatic rings. The van der Waals surface area contributed by atoms with Gasteiger partial charge in [0.1, 0.15) is 0 Å². The van der Waals surface area contributed by atoms with Gasteiger partial charge in [0.25, 0.3) is 0 Å². The molecule has 0 aliphatic rings. The standard InChI is InChI=1S/C15H15Cl2N3O2/c16-11-3-4-12(13(17)6-11)14(21)9-20-15(22)19-8-10-2-1-5-18-7-10/h1-7,14,21H,8-9H2,(H2,19,20,22). The van der Waals surface area contributed by atoms with Crippen molar-refractivity contribution in [2.75, 3.05) is 6.54 Å². The molecule has 0 spiro atoms. The third-order valence-corrected chi connectivity index (χ3v) is 3.52. The summed E-state index contributed by atoms with van der Waals surface area (Å²) in [7, 11) is 0. The van der Waals surface area contributed by atoms with E-state index in [0.29, 0.717) is 22.2 Å². The Balaban J connectivity index is 1.80. The Morgan fingerprint density at radius 3 is 2.77 bits per heavy atom. The van der Waals surface area contributed by atoms with Crippen molar-refractivity contribution in [1.29, 1.82) is 0 Å². The minimum absolute atomic E-state index is 0.0419. The molecule has 7 heteroatoms. The van der Waals surface area contributed by atoms with Crippen LogP contribution in [-0.4, -0.2) is 22.7 Å². The number of aliphatic hydroxyl groups excluding tert-OH is 1. The Morgan fingerprint density at radius 1 is 1.27 bits per heavy atom. The minimum atomic E-state index is -0.908. The molecule has 116 valence electrons. The van der Waals surface area contributed by atoms with Gasteiger partial charge in [0.05, 0.1) is 6.10 Å². The molecule has 1 aromatic carbocycles. The number of nitrogens with zero attached hydrogens (tertiary/aromatic N) is 1. The Morgan fingerprint density at radius 2 is 2.09 bits per heavy atom. The van der Waals surface area contributed by atoms with Gasteiger partial charge >= 0.3 is 6.03 Å². The first-order valence-corrected chi connectivity index (χ1v) is 7.35. The van der Waals surface area contributed by atoms with Crippen LogP contribution in [0.3, 0.4) is 0 Å². The van der Waals surface area contributed by atoms with Gasteiger partial charge in [-0.2, -0.15) is 0 Å². The molecule has 0 fully saturated rings. The summed E-state index contributed by atoms with van der Waals surface area (Å²) in [6.45, 7) is 0.400. The summed E-state index contributed by atoms with van der Waals surface area (Å²) in [6.07, 6.45) is 2.42. The lowest BCUT2D eigenvalue weighted by molar-refractivity contribution is 0.173. The summed E-state index contributed by atoms with van der Waals surface area (Å²) in [5.74, 6) is 0. The van der Waals surface area contributed by atoms with E-state index in [4.69, 9.17) is 23.2 Å². The van der Waals surface area contributed by atoms with Crippen LogP contribution < -0.4 is 10.6 Å². The summed E-state index contributed by atoms with van der Waals surface area (Å²) >= 11 is 11.8. The van der Waals surface area contributed by atoms with Crippen LogP contribution in [0.15, 0.2) is 42.7 Å². The summed E-state index contributed by atoms with van der Waals surface area (Å²) in [4.78, 5) is 15.6. The normalized spacial score (nSPS) is 11.8. The van der Waals surface area contributed by atoms with E-state index in [1.165, 1.54) is 0 Å². The van der Waals surface area contributed by atoms with Crippen molar-refractivity contribution in [3.8, 4) is 0 Å². The Bertz CT molecular complexity index is 638. The average molecular weight is 340 g/mol. The van der Waals surface area contributed by atoms with Crippen LogP contribution in [0, 0.1) is 0 Å². The number of rotatable bonds is 5. The fraction of sp³-hybridized carbons (Fsp3) is 0.200. The molecule has 1 unspecified atom stereocenters. The van der Waals surface area contributed by atoms with E-state index < -0.39 is 6.10 Å². The first-order valence-electron chi connectivity index (χ1n) is 6.60. The molecule has 22 heavy (non-hydrogen) atoms. The second-order valence-electron chi connectivity index (χ2n) is 4.61. The van der Waals surface area contributed by atoms with Crippen molar-refractivity contribution >= 4 is 29.2 Å². The van der Waals surface area contributed by atoms with Crippen molar-refractivity contribution < 1.29 is 9.90 Å². The zero-order valence-corrected chi connectivity index (χ0v) is 13.1. The number of aliphatic hydroxyl groups is 1. The molecule has 0 radical (unpaired) electrons. The third-order valence-electron chi connectivity index (χ3n) is 2.95. The van der Waals surface area contributed by atoms with Gasteiger partial charge in [0.15, 0.2) is 0 Å². The Kier molecular flexibility index (Phi) is 6.00. The maximum atomic E-state index is 11.7. The summed E-state index contributed by atoms with van der Waals surface area (Å²) in [6, 6.07) is 8.08. The first-order chi connectivity index (χ1) is 10.6. The van der Waals surface area contributed by atoms with Crippen LogP contribution in [0.4, 0.5) is 4.79 Å². The van der Waals surface area contributed by atoms with Gasteiger partial charge in [-0.15, -0.1) is 0 Å². The number of amides is 2. The van der Waals surface area contributed by atoms with Crippen LogP contribution in [0.2, 0.25) is 10.0 Å². The highest BCUT2D eigenvalue weighted by molar-refractivity contribution is 6.35. The predicted octanol–water partition coefficient (Wildman–Crippen LogP) is 2.92. The number of pyridine rings is 1. The molecule has 0 saturated carbocycles. The van der Waals surface area contributed by atoms with E-state index in [1.807, 2.05) is 6.07 Å². The number of benzene rings is 1. The zero-order chi connectivity index (χ0) is 15.9. The van der Waals surface area contributed by atoms with Crippen LogP contribution in [-0.2, 0) is 6.54 Å². The lowest BCUT2D eigenvalue weighted by Crippen LogP contribution is -2.37. The average Bonchev–Trinajstić information content (AvgIpc) is 2.51. The second-order valence-corrected chi connectivity index (χ2v) is 5.45. The molecule has 0 bridgehead atoms. The van der Waals surface area contributed by atoms with Gasteiger partial charge in [0.2, 0.25) is 0 Å². The highest BCUT2D eigenvalue weighted by atomic mass is 35.5. The quantitative estimate of drug-likeness (QED) is 0.783. The van der Waals surface area contributed by atoms with Gasteiger partial charge < -0.3 is 15.7 Å². The zero-order valence-electron chi connectivity index (χ0n) is 11.6. The topological polar surface area (TPSA) is 74.2 Å². The molecule has 1 heterocycles. The molecule has 2 rings (SSSR count). The van der Waals surface area contributed by atoms with Gasteiger partial charge in [0, 0.05) is 41.1 Å². The highest BCUT2D eigenvalue weighted by Gasteiger charge is 2.13. The first kappa shape index (κ1) is 16.5. The van der Waals surface area contributed by atoms with Gasteiger partial charge in [-0.3, -0.25) is 4.98 Å². The fourth-order valence-electron chi connectivity index (χ4n) is 1.82. The van der Waals surface area contributed by atoms with E-state index in [-0.39, 0.29) is 12.6 Å². The van der Waals surface area contributed by atoms with E-state index in [1.54, 1.807) is 36.7 Å². The number of aromatic nitrogens is 1. The van der Waals surface area contributed by atoms with E-state index in [2.05, 4.69) is 15.6 Å². The molecular formula is C15H15Cl2N3O2. The van der Waals surface area contributed by atoms with Crippen molar-refractivity contribution in [1.82, 2.24) is 15.6 Å². The summed E-state index contributed by atoms with van der Waals surface area (Å²) < 4.78 is 0. The molecule has 5 nitrogen and oxygen atoms in total. The number of carbonyl (C=O) groups excluding carboxylic acids is 1. The van der Waals surface area contributed by atoms with Gasteiger partial charge in [-0.05, 0) is 23.8 Å². The second kappa shape index (κ2) is 7.98. The monoisotopic (exact) mass is 339 g/mol. The number of halogens is 2. The number of carbonyl (C=O) groups is 1. The predicted molar refractivity (Wildman–Crippen MR) is 85.9 cm³/mol. The van der Waals surface area contributed by atoms with E-state index >= 15 is 0 Å². The smallest absolute Gasteiger partial charge is 0.315 e. The number of hydrogen-bond donors (Lipinski definition) is 3. The van der Waals surface area contributed by atoms with Crippen molar-refractivity contribution in [2.24, 2.45) is 0 Å². The van der Waals surface area contributed by atoms with Crippen molar-refractivity contribution in [3.05, 3.63) is 63.9 Å². The summed E-state index contributed by atoms with van der Waals surface area (Å²) in [5.41, 5.74) is 1.40. The SMILES string of the molecule is O=C(NCc1cccnc1)NCC(O)c1ccc(Cl)cc1Cl. The maximum absolute atomic E-state index is 11.7. The van der Waals surface area contributed by atoms with Gasteiger partial charge in [-0.1, -0.05) is 35.3 Å². The molecule has 3 N–H and O–H groups in total. The van der Waals surface area contributed by atoms with Crippen LogP contribution in [0.5, 0.6) is 0 Å². The number of hydrogen-bond acceptors (Lipinski definition) is 3. The number of urea groups is 1. The van der Waals surface area contributed by atoms with Crippen LogP contribution in [0.25, 0.3) is 0 Å². The molecule has 0 aliphatic heterocycles. The molecule has 0 saturated heterocycles. The Labute approximate surface area is 138 Å². The third kappa shape index (κ3) is 4.87. The lowest BCUT2D eigenvalue weighted by atomic mass is 10.1. The van der Waals surface area contributed by atoms with Gasteiger partial charge in [-0.25, -0.2) is 4.79 Å². The van der Waals surface area contributed by atoms with Crippen molar-refractivity contribution in [3.63, 3.8) is 0 Å². The maximum Gasteiger partial charge on any atom is 0.315 e. The molecule has 2 amide bonds. The molecule has 1 atom stereocenters. The molecule has 1 aromatic heterocycles. The minimum Gasteiger partial charge on any atom is -0.387 e. The van der Waals surface area contributed by atoms with Crippen molar-refractivity contribution in [2.45, 2.75) is 12.6 Å². The van der Waals surface area contributed by atoms with Crippen LogP contribution in [0.1, 0.15) is 17.2 Å². The molecular weight excluding hydrogens is 325 g/mol.